The summed E-state index contributed by atoms with van der Waals surface area (Å²) in [6.45, 7) is 5.91. The zero-order valence-corrected chi connectivity index (χ0v) is 17.4. The van der Waals surface area contributed by atoms with E-state index in [0.29, 0.717) is 36.5 Å². The van der Waals surface area contributed by atoms with Gasteiger partial charge in [-0.2, -0.15) is 9.40 Å². The van der Waals surface area contributed by atoms with Gasteiger partial charge in [-0.05, 0) is 44.7 Å². The summed E-state index contributed by atoms with van der Waals surface area (Å²) in [6, 6.07) is 2.69. The monoisotopic (exact) mass is 426 g/mol. The third kappa shape index (κ3) is 4.64. The van der Waals surface area contributed by atoms with E-state index in [1.165, 1.54) is 8.99 Å². The lowest BCUT2D eigenvalue weighted by Gasteiger charge is -2.29. The van der Waals surface area contributed by atoms with Gasteiger partial charge >= 0.3 is 0 Å². The van der Waals surface area contributed by atoms with Crippen LogP contribution in [0.15, 0.2) is 23.1 Å². The van der Waals surface area contributed by atoms with Gasteiger partial charge in [0.05, 0.1) is 11.4 Å². The molecule has 1 aliphatic rings. The number of rotatable bonds is 5. The van der Waals surface area contributed by atoms with Crippen LogP contribution in [0.4, 0.5) is 14.5 Å². The van der Waals surface area contributed by atoms with E-state index in [0.717, 1.165) is 25.0 Å². The molecule has 3 rings (SSSR count). The minimum Gasteiger partial charge on any atom is -0.324 e. The molecule has 29 heavy (non-hydrogen) atoms. The van der Waals surface area contributed by atoms with E-state index in [9.17, 15) is 22.0 Å². The number of carbonyl (C=O) groups excluding carboxylic acids is 1. The summed E-state index contributed by atoms with van der Waals surface area (Å²) in [5, 5.41) is 6.60. The molecule has 1 N–H and O–H groups in total. The molecule has 1 saturated heterocycles. The number of carbonyl (C=O) groups is 1. The number of aryl methyl sites for hydroxylation is 1. The number of halogens is 2. The Morgan fingerprint density at radius 1 is 1.17 bits per heavy atom. The molecule has 1 amide bonds. The summed E-state index contributed by atoms with van der Waals surface area (Å²) < 4.78 is 55.5. The average molecular weight is 426 g/mol. The number of anilines is 1. The molecular formula is C19H24F2N4O3S. The van der Waals surface area contributed by atoms with Crippen LogP contribution >= 0.6 is 0 Å². The number of hydrogen-bond acceptors (Lipinski definition) is 4. The molecule has 10 heteroatoms. The topological polar surface area (TPSA) is 84.3 Å². The van der Waals surface area contributed by atoms with Gasteiger partial charge in [0.2, 0.25) is 15.9 Å². The number of amides is 1. The van der Waals surface area contributed by atoms with Gasteiger partial charge in [-0.15, -0.1) is 0 Å². The zero-order valence-electron chi connectivity index (χ0n) is 16.6. The number of benzene rings is 1. The molecule has 0 atom stereocenters. The molecule has 0 unspecified atom stereocenters. The fourth-order valence-electron chi connectivity index (χ4n) is 3.52. The summed E-state index contributed by atoms with van der Waals surface area (Å²) in [7, 11) is -3.71. The van der Waals surface area contributed by atoms with Crippen LogP contribution in [0, 0.1) is 31.4 Å². The van der Waals surface area contributed by atoms with Gasteiger partial charge in [0.1, 0.15) is 23.1 Å². The molecular weight excluding hydrogens is 402 g/mol. The highest BCUT2D eigenvalue weighted by atomic mass is 32.2. The smallest absolute Gasteiger partial charge is 0.246 e. The number of piperidine rings is 1. The number of sulfonamides is 1. The SMILES string of the molecule is Cc1nn(CC(=O)Nc2cc(F)cc(F)c2)c(C)c1S(=O)(=O)N1CCC(C)CC1. The van der Waals surface area contributed by atoms with Crippen molar-refractivity contribution >= 4 is 21.6 Å². The van der Waals surface area contributed by atoms with Crippen LogP contribution in [0.25, 0.3) is 0 Å². The van der Waals surface area contributed by atoms with E-state index in [-0.39, 0.29) is 17.1 Å². The number of nitrogens with zero attached hydrogens (tertiary/aromatic N) is 3. The van der Waals surface area contributed by atoms with E-state index in [1.807, 2.05) is 0 Å². The highest BCUT2D eigenvalue weighted by Gasteiger charge is 2.33. The van der Waals surface area contributed by atoms with Gasteiger partial charge in [0.25, 0.3) is 0 Å². The van der Waals surface area contributed by atoms with Crippen LogP contribution in [-0.2, 0) is 21.4 Å². The standard InChI is InChI=1S/C19H24F2N4O3S/c1-12-4-6-24(7-5-12)29(27,28)19-13(2)23-25(14(19)3)11-18(26)22-17-9-15(20)8-16(21)10-17/h8-10,12H,4-7,11H2,1-3H3,(H,22,26). The number of hydrogen-bond donors (Lipinski definition) is 1. The Labute approximate surface area is 168 Å². The molecule has 0 spiro atoms. The van der Waals surface area contributed by atoms with Crippen LogP contribution in [0.2, 0.25) is 0 Å². The van der Waals surface area contributed by atoms with Crippen molar-refractivity contribution in [1.82, 2.24) is 14.1 Å². The summed E-state index contributed by atoms with van der Waals surface area (Å²) in [5.74, 6) is -1.70. The van der Waals surface area contributed by atoms with E-state index < -0.39 is 27.6 Å². The van der Waals surface area contributed by atoms with Crippen LogP contribution < -0.4 is 5.32 Å². The Morgan fingerprint density at radius 2 is 1.76 bits per heavy atom. The minimum atomic E-state index is -3.71. The summed E-state index contributed by atoms with van der Waals surface area (Å²) in [5.41, 5.74) is 0.636. The molecule has 1 fully saturated rings. The second-order valence-electron chi connectivity index (χ2n) is 7.45. The van der Waals surface area contributed by atoms with Crippen LogP contribution in [0.5, 0.6) is 0 Å². The average Bonchev–Trinajstić information content (AvgIpc) is 2.88. The first-order chi connectivity index (χ1) is 13.6. The van der Waals surface area contributed by atoms with Crippen molar-refractivity contribution in [2.24, 2.45) is 5.92 Å². The normalized spacial score (nSPS) is 16.2. The van der Waals surface area contributed by atoms with Crippen LogP contribution in [0.1, 0.15) is 31.2 Å². The van der Waals surface area contributed by atoms with Crippen LogP contribution in [-0.4, -0.2) is 41.5 Å². The molecule has 2 heterocycles. The zero-order chi connectivity index (χ0) is 21.3. The van der Waals surface area contributed by atoms with Crippen molar-refractivity contribution in [2.45, 2.75) is 45.1 Å². The Bertz CT molecular complexity index is 1010. The fourth-order valence-corrected chi connectivity index (χ4v) is 5.37. The van der Waals surface area contributed by atoms with Crippen molar-refractivity contribution in [3.05, 3.63) is 41.2 Å². The highest BCUT2D eigenvalue weighted by molar-refractivity contribution is 7.89. The molecule has 2 aromatic rings. The largest absolute Gasteiger partial charge is 0.324 e. The highest BCUT2D eigenvalue weighted by Crippen LogP contribution is 2.27. The maximum atomic E-state index is 13.3. The Morgan fingerprint density at radius 3 is 2.34 bits per heavy atom. The summed E-state index contributed by atoms with van der Waals surface area (Å²) in [6.07, 6.45) is 1.61. The first-order valence-electron chi connectivity index (χ1n) is 9.38. The number of nitrogens with one attached hydrogen (secondary N) is 1. The molecule has 1 aromatic heterocycles. The second kappa shape index (κ2) is 8.19. The minimum absolute atomic E-state index is 0.0238. The maximum Gasteiger partial charge on any atom is 0.246 e. The molecule has 0 aliphatic carbocycles. The van der Waals surface area contributed by atoms with Gasteiger partial charge in [-0.3, -0.25) is 9.48 Å². The Kier molecular flexibility index (Phi) is 6.04. The van der Waals surface area contributed by atoms with Gasteiger partial charge in [0.15, 0.2) is 0 Å². The van der Waals surface area contributed by atoms with E-state index in [1.54, 1.807) is 13.8 Å². The first kappa shape index (κ1) is 21.4. The third-order valence-corrected chi connectivity index (χ3v) is 7.25. The van der Waals surface area contributed by atoms with Gasteiger partial charge in [-0.25, -0.2) is 17.2 Å². The predicted molar refractivity (Wildman–Crippen MR) is 104 cm³/mol. The van der Waals surface area contributed by atoms with Gasteiger partial charge in [0, 0.05) is 24.8 Å². The van der Waals surface area contributed by atoms with Gasteiger partial charge < -0.3 is 5.32 Å². The van der Waals surface area contributed by atoms with Crippen molar-refractivity contribution in [3.63, 3.8) is 0 Å². The Hall–Kier alpha value is -2.33. The quantitative estimate of drug-likeness (QED) is 0.797. The van der Waals surface area contributed by atoms with Crippen molar-refractivity contribution < 1.29 is 22.0 Å². The van der Waals surface area contributed by atoms with Crippen molar-refractivity contribution in [2.75, 3.05) is 18.4 Å². The van der Waals surface area contributed by atoms with Crippen LogP contribution in [0.3, 0.4) is 0 Å². The molecule has 158 valence electrons. The summed E-state index contributed by atoms with van der Waals surface area (Å²) >= 11 is 0. The van der Waals surface area contributed by atoms with Crippen molar-refractivity contribution in [1.29, 1.82) is 0 Å². The molecule has 1 aliphatic heterocycles. The second-order valence-corrected chi connectivity index (χ2v) is 9.33. The van der Waals surface area contributed by atoms with Crippen molar-refractivity contribution in [3.8, 4) is 0 Å². The van der Waals surface area contributed by atoms with E-state index >= 15 is 0 Å². The lowest BCUT2D eigenvalue weighted by molar-refractivity contribution is -0.116. The molecule has 1 aromatic carbocycles. The Balaban J connectivity index is 1.79. The molecule has 0 radical (unpaired) electrons. The van der Waals surface area contributed by atoms with Gasteiger partial charge in [-0.1, -0.05) is 6.92 Å². The molecule has 0 bridgehead atoms. The van der Waals surface area contributed by atoms with E-state index in [4.69, 9.17) is 0 Å². The molecule has 7 nitrogen and oxygen atoms in total. The lowest BCUT2D eigenvalue weighted by atomic mass is 10.0. The fraction of sp³-hybridized carbons (Fsp3) is 0.474. The lowest BCUT2D eigenvalue weighted by Crippen LogP contribution is -2.38. The van der Waals surface area contributed by atoms with E-state index in [2.05, 4.69) is 17.3 Å². The molecule has 0 saturated carbocycles. The predicted octanol–water partition coefficient (Wildman–Crippen LogP) is 2.84. The number of aromatic nitrogens is 2. The summed E-state index contributed by atoms with van der Waals surface area (Å²) in [4.78, 5) is 12.4. The first-order valence-corrected chi connectivity index (χ1v) is 10.8. The third-order valence-electron chi connectivity index (χ3n) is 5.10. The maximum absolute atomic E-state index is 13.3.